The van der Waals surface area contributed by atoms with E-state index in [9.17, 15) is 18.0 Å². The molecule has 0 saturated heterocycles. The Labute approximate surface area is 247 Å². The van der Waals surface area contributed by atoms with E-state index < -0.39 is 28.5 Å². The molecule has 0 aliphatic carbocycles. The zero-order valence-electron chi connectivity index (χ0n) is 23.2. The molecule has 3 aromatic carbocycles. The first-order valence-electron chi connectivity index (χ1n) is 13.1. The maximum absolute atomic E-state index is 14.0. The zero-order valence-corrected chi connectivity index (χ0v) is 25.5. The van der Waals surface area contributed by atoms with Crippen LogP contribution in [0.15, 0.2) is 71.6 Å². The van der Waals surface area contributed by atoms with E-state index in [-0.39, 0.29) is 17.3 Å². The van der Waals surface area contributed by atoms with Gasteiger partial charge in [-0.25, -0.2) is 8.42 Å². The molecule has 0 aromatic heterocycles. The molecule has 40 heavy (non-hydrogen) atoms. The molecule has 3 aromatic rings. The van der Waals surface area contributed by atoms with Crippen LogP contribution in [0.2, 0.25) is 10.0 Å². The van der Waals surface area contributed by atoms with Gasteiger partial charge >= 0.3 is 0 Å². The second-order valence-corrected chi connectivity index (χ2v) is 12.4. The van der Waals surface area contributed by atoms with Gasteiger partial charge in [0.1, 0.15) is 12.6 Å². The second-order valence-electron chi connectivity index (χ2n) is 9.69. The molecule has 0 radical (unpaired) electrons. The monoisotopic (exact) mass is 603 g/mol. The van der Waals surface area contributed by atoms with E-state index in [2.05, 4.69) is 5.32 Å². The van der Waals surface area contributed by atoms with Crippen molar-refractivity contribution < 1.29 is 18.0 Å². The van der Waals surface area contributed by atoms with Crippen molar-refractivity contribution in [2.45, 2.75) is 58.0 Å². The van der Waals surface area contributed by atoms with Crippen LogP contribution < -0.4 is 9.62 Å². The number of nitrogens with zero attached hydrogens (tertiary/aromatic N) is 2. The number of unbranched alkanes of at least 4 members (excludes halogenated alkanes) is 1. The van der Waals surface area contributed by atoms with E-state index in [1.165, 1.54) is 17.0 Å². The van der Waals surface area contributed by atoms with Gasteiger partial charge in [-0.15, -0.1) is 0 Å². The van der Waals surface area contributed by atoms with Crippen LogP contribution in [-0.2, 0) is 26.2 Å². The minimum atomic E-state index is -4.16. The lowest BCUT2D eigenvalue weighted by atomic mass is 10.1. The van der Waals surface area contributed by atoms with Gasteiger partial charge in [-0.1, -0.05) is 72.4 Å². The largest absolute Gasteiger partial charge is 0.354 e. The number of amides is 2. The van der Waals surface area contributed by atoms with E-state index in [4.69, 9.17) is 23.2 Å². The molecule has 7 nitrogen and oxygen atoms in total. The molecule has 0 heterocycles. The van der Waals surface area contributed by atoms with Crippen LogP contribution in [0, 0.1) is 13.8 Å². The van der Waals surface area contributed by atoms with Gasteiger partial charge in [-0.3, -0.25) is 13.9 Å². The molecule has 0 unspecified atom stereocenters. The Bertz CT molecular complexity index is 1450. The predicted octanol–water partition coefficient (Wildman–Crippen LogP) is 6.14. The average molecular weight is 605 g/mol. The Kier molecular flexibility index (Phi) is 11.0. The highest BCUT2D eigenvalue weighted by molar-refractivity contribution is 7.92. The molecule has 0 saturated carbocycles. The predicted molar refractivity (Wildman–Crippen MR) is 161 cm³/mol. The molecule has 1 atom stereocenters. The zero-order chi connectivity index (χ0) is 29.4. The third kappa shape index (κ3) is 7.77. The maximum atomic E-state index is 14.0. The van der Waals surface area contributed by atoms with Crippen LogP contribution in [0.3, 0.4) is 0 Å². The summed E-state index contributed by atoms with van der Waals surface area (Å²) in [5.74, 6) is -0.882. The normalized spacial score (nSPS) is 12.1. The quantitative estimate of drug-likeness (QED) is 0.252. The number of sulfonamides is 1. The number of carbonyl (C=O) groups excluding carboxylic acids is 2. The minimum absolute atomic E-state index is 0.0267. The highest BCUT2D eigenvalue weighted by atomic mass is 35.5. The topological polar surface area (TPSA) is 86.8 Å². The van der Waals surface area contributed by atoms with Crippen molar-refractivity contribution in [3.8, 4) is 0 Å². The number of rotatable bonds is 12. The van der Waals surface area contributed by atoms with Gasteiger partial charge in [-0.05, 0) is 74.7 Å². The van der Waals surface area contributed by atoms with Crippen LogP contribution in [0.5, 0.6) is 0 Å². The Balaban J connectivity index is 2.04. The number of hydrogen-bond acceptors (Lipinski definition) is 4. The summed E-state index contributed by atoms with van der Waals surface area (Å²) in [5, 5.41) is 3.75. The number of carbonyl (C=O) groups is 2. The summed E-state index contributed by atoms with van der Waals surface area (Å²) in [4.78, 5) is 28.5. The molecular weight excluding hydrogens is 569 g/mol. The van der Waals surface area contributed by atoms with E-state index in [0.717, 1.165) is 22.7 Å². The Morgan fingerprint density at radius 3 is 2.27 bits per heavy atom. The van der Waals surface area contributed by atoms with Gasteiger partial charge in [0.15, 0.2) is 0 Å². The third-order valence-electron chi connectivity index (χ3n) is 6.61. The van der Waals surface area contributed by atoms with E-state index >= 15 is 0 Å². The molecular formula is C30H35Cl2N3O4S. The van der Waals surface area contributed by atoms with Crippen molar-refractivity contribution in [3.63, 3.8) is 0 Å². The number of anilines is 1. The minimum Gasteiger partial charge on any atom is -0.354 e. The van der Waals surface area contributed by atoms with Crippen LogP contribution in [-0.4, -0.2) is 44.3 Å². The van der Waals surface area contributed by atoms with Crippen molar-refractivity contribution in [2.75, 3.05) is 17.4 Å². The lowest BCUT2D eigenvalue weighted by molar-refractivity contribution is -0.139. The lowest BCUT2D eigenvalue weighted by Crippen LogP contribution is -2.51. The molecule has 0 aliphatic rings. The summed E-state index contributed by atoms with van der Waals surface area (Å²) in [6.45, 7) is 7.21. The molecule has 0 aliphatic heterocycles. The van der Waals surface area contributed by atoms with Gasteiger partial charge in [0.2, 0.25) is 11.8 Å². The average Bonchev–Trinajstić information content (AvgIpc) is 2.91. The van der Waals surface area contributed by atoms with Gasteiger partial charge in [0.25, 0.3) is 10.0 Å². The summed E-state index contributed by atoms with van der Waals surface area (Å²) < 4.78 is 29.0. The molecule has 2 amide bonds. The molecule has 214 valence electrons. The summed E-state index contributed by atoms with van der Waals surface area (Å²) in [6, 6.07) is 17.4. The van der Waals surface area contributed by atoms with Crippen LogP contribution in [0.4, 0.5) is 5.69 Å². The van der Waals surface area contributed by atoms with Crippen LogP contribution in [0.25, 0.3) is 0 Å². The Morgan fingerprint density at radius 1 is 0.975 bits per heavy atom. The van der Waals surface area contributed by atoms with Gasteiger partial charge in [0.05, 0.1) is 10.6 Å². The summed E-state index contributed by atoms with van der Waals surface area (Å²) in [6.07, 6.45) is 1.71. The molecule has 0 fully saturated rings. The molecule has 3 rings (SSSR count). The Morgan fingerprint density at radius 2 is 1.65 bits per heavy atom. The van der Waals surface area contributed by atoms with Crippen molar-refractivity contribution in [1.29, 1.82) is 0 Å². The first kappa shape index (κ1) is 31.5. The van der Waals surface area contributed by atoms with E-state index in [0.29, 0.717) is 33.4 Å². The second kappa shape index (κ2) is 14.0. The maximum Gasteiger partial charge on any atom is 0.264 e. The lowest BCUT2D eigenvalue weighted by Gasteiger charge is -2.32. The first-order valence-corrected chi connectivity index (χ1v) is 15.3. The molecule has 10 heteroatoms. The molecule has 0 bridgehead atoms. The van der Waals surface area contributed by atoms with Gasteiger partial charge in [-0.2, -0.15) is 0 Å². The van der Waals surface area contributed by atoms with Crippen molar-refractivity contribution in [1.82, 2.24) is 10.2 Å². The highest BCUT2D eigenvalue weighted by Crippen LogP contribution is 2.30. The van der Waals surface area contributed by atoms with E-state index in [1.54, 1.807) is 68.4 Å². The smallest absolute Gasteiger partial charge is 0.264 e. The number of halogens is 2. The fourth-order valence-corrected chi connectivity index (χ4v) is 6.08. The SMILES string of the molecule is CCCCNC(=O)[C@@H](C)N(Cc1ccccc1Cl)C(=O)CN(c1ccc(Cl)cc1C)S(=O)(=O)c1ccc(C)cc1. The number of hydrogen-bond donors (Lipinski definition) is 1. The fraction of sp³-hybridized carbons (Fsp3) is 0.333. The standard InChI is InChI=1S/C30H35Cl2N3O4S/c1-5-6-17-33-30(37)23(4)34(19-24-9-7-8-10-27(24)32)29(36)20-35(28-16-13-25(31)18-22(28)3)40(38,39)26-14-11-21(2)12-15-26/h7-16,18,23H,5-6,17,19-20H2,1-4H3,(H,33,37)/t23-/m1/s1. The van der Waals surface area contributed by atoms with Crippen LogP contribution in [0.1, 0.15) is 43.4 Å². The highest BCUT2D eigenvalue weighted by Gasteiger charge is 2.33. The van der Waals surface area contributed by atoms with Gasteiger partial charge < -0.3 is 10.2 Å². The molecule has 0 spiro atoms. The van der Waals surface area contributed by atoms with Crippen molar-refractivity contribution >= 4 is 50.7 Å². The number of nitrogens with one attached hydrogen (secondary N) is 1. The van der Waals surface area contributed by atoms with Crippen molar-refractivity contribution in [2.24, 2.45) is 0 Å². The fourth-order valence-electron chi connectivity index (χ4n) is 4.18. The van der Waals surface area contributed by atoms with Crippen molar-refractivity contribution in [3.05, 3.63) is 93.5 Å². The number of benzene rings is 3. The molecule has 1 N–H and O–H groups in total. The van der Waals surface area contributed by atoms with Gasteiger partial charge in [0, 0.05) is 23.1 Å². The summed E-state index contributed by atoms with van der Waals surface area (Å²) >= 11 is 12.6. The Hall–Kier alpha value is -3.07. The summed E-state index contributed by atoms with van der Waals surface area (Å²) in [7, 11) is -4.16. The summed E-state index contributed by atoms with van der Waals surface area (Å²) in [5.41, 5.74) is 2.44. The number of aryl methyl sites for hydroxylation is 2. The van der Waals surface area contributed by atoms with E-state index in [1.807, 2.05) is 13.8 Å². The first-order chi connectivity index (χ1) is 18.9. The third-order valence-corrected chi connectivity index (χ3v) is 8.99. The van der Waals surface area contributed by atoms with Crippen LogP contribution >= 0.6 is 23.2 Å².